The van der Waals surface area contributed by atoms with Crippen molar-refractivity contribution < 1.29 is 23.1 Å². The minimum atomic E-state index is -3.68. The number of carbonyl (C=O) groups excluding carboxylic acids is 1. The van der Waals surface area contributed by atoms with Gasteiger partial charge in [-0.2, -0.15) is 0 Å². The van der Waals surface area contributed by atoms with Crippen molar-refractivity contribution in [3.8, 4) is 11.5 Å². The van der Waals surface area contributed by atoms with Crippen LogP contribution >= 0.6 is 0 Å². The molecule has 5 nitrogen and oxygen atoms in total. The second-order valence-corrected chi connectivity index (χ2v) is 7.06. The van der Waals surface area contributed by atoms with Crippen LogP contribution in [0.3, 0.4) is 0 Å². The van der Waals surface area contributed by atoms with Crippen LogP contribution < -0.4 is 4.74 Å². The molecule has 0 unspecified atom stereocenters. The largest absolute Gasteiger partial charge is 0.508 e. The number of ether oxygens (including phenoxy) is 1. The Bertz CT molecular complexity index is 828. The fraction of sp³-hybridized carbons (Fsp3) is 0.118. The molecule has 0 fully saturated rings. The molecule has 23 heavy (non-hydrogen) atoms. The first-order chi connectivity index (χ1) is 10.8. The van der Waals surface area contributed by atoms with Gasteiger partial charge in [-0.1, -0.05) is 5.57 Å². The van der Waals surface area contributed by atoms with Crippen molar-refractivity contribution in [2.45, 2.75) is 23.6 Å². The summed E-state index contributed by atoms with van der Waals surface area (Å²) in [7, 11) is -3.68. The van der Waals surface area contributed by atoms with E-state index in [1.165, 1.54) is 54.6 Å². The number of benzene rings is 2. The van der Waals surface area contributed by atoms with Crippen molar-refractivity contribution in [2.75, 3.05) is 0 Å². The highest BCUT2D eigenvalue weighted by Crippen LogP contribution is 2.24. The van der Waals surface area contributed by atoms with Gasteiger partial charge in [0.25, 0.3) is 0 Å². The number of esters is 1. The van der Waals surface area contributed by atoms with Crippen LogP contribution in [-0.2, 0) is 14.6 Å². The van der Waals surface area contributed by atoms with E-state index in [1.54, 1.807) is 13.8 Å². The molecule has 0 radical (unpaired) electrons. The number of hydrogen-bond donors (Lipinski definition) is 1. The van der Waals surface area contributed by atoms with Crippen molar-refractivity contribution in [1.82, 2.24) is 0 Å². The smallest absolute Gasteiger partial charge is 0.336 e. The first-order valence-corrected chi connectivity index (χ1v) is 8.28. The third kappa shape index (κ3) is 4.20. The van der Waals surface area contributed by atoms with Gasteiger partial charge in [-0.05, 0) is 62.4 Å². The molecule has 0 spiro atoms. The monoisotopic (exact) mass is 332 g/mol. The van der Waals surface area contributed by atoms with E-state index >= 15 is 0 Å². The number of phenols is 1. The number of rotatable bonds is 4. The summed E-state index contributed by atoms with van der Waals surface area (Å²) in [5.74, 6) is -0.262. The summed E-state index contributed by atoms with van der Waals surface area (Å²) in [6.45, 7) is 3.54. The summed E-state index contributed by atoms with van der Waals surface area (Å²) in [6, 6.07) is 10.8. The quantitative estimate of drug-likeness (QED) is 0.528. The van der Waals surface area contributed by atoms with Gasteiger partial charge in [0.05, 0.1) is 9.79 Å². The van der Waals surface area contributed by atoms with Gasteiger partial charge in [0.2, 0.25) is 9.84 Å². The van der Waals surface area contributed by atoms with E-state index in [0.717, 1.165) is 5.57 Å². The van der Waals surface area contributed by atoms with Crippen LogP contribution in [0.15, 0.2) is 70.0 Å². The summed E-state index contributed by atoms with van der Waals surface area (Å²) < 4.78 is 29.9. The number of sulfone groups is 1. The van der Waals surface area contributed by atoms with Crippen molar-refractivity contribution >= 4 is 15.8 Å². The molecule has 0 aliphatic rings. The fourth-order valence-electron chi connectivity index (χ4n) is 1.83. The molecule has 6 heteroatoms. The fourth-order valence-corrected chi connectivity index (χ4v) is 3.09. The topological polar surface area (TPSA) is 80.7 Å². The molecule has 0 aliphatic heterocycles. The third-order valence-electron chi connectivity index (χ3n) is 2.91. The van der Waals surface area contributed by atoms with Gasteiger partial charge < -0.3 is 9.84 Å². The number of aromatic hydroxyl groups is 1. The van der Waals surface area contributed by atoms with Crippen LogP contribution in [0.2, 0.25) is 0 Å². The molecule has 0 atom stereocenters. The zero-order valence-corrected chi connectivity index (χ0v) is 13.5. The summed E-state index contributed by atoms with van der Waals surface area (Å²) in [6.07, 6.45) is 1.35. The first kappa shape index (κ1) is 16.8. The molecule has 0 aromatic heterocycles. The van der Waals surface area contributed by atoms with Crippen LogP contribution in [0.25, 0.3) is 0 Å². The molecule has 0 saturated heterocycles. The minimum Gasteiger partial charge on any atom is -0.508 e. The van der Waals surface area contributed by atoms with Crippen molar-refractivity contribution in [2.24, 2.45) is 0 Å². The molecule has 0 amide bonds. The zero-order valence-electron chi connectivity index (χ0n) is 12.7. The number of hydrogen-bond acceptors (Lipinski definition) is 5. The Morgan fingerprint density at radius 2 is 1.43 bits per heavy atom. The van der Waals surface area contributed by atoms with Crippen molar-refractivity contribution in [1.29, 1.82) is 0 Å². The molecular formula is C17H16O5S. The summed E-state index contributed by atoms with van der Waals surface area (Å²) in [5, 5.41) is 9.23. The van der Waals surface area contributed by atoms with Gasteiger partial charge in [0.1, 0.15) is 11.5 Å². The lowest BCUT2D eigenvalue weighted by Gasteiger charge is -2.06. The zero-order chi connectivity index (χ0) is 17.0. The van der Waals surface area contributed by atoms with E-state index in [0.29, 0.717) is 0 Å². The van der Waals surface area contributed by atoms with Crippen LogP contribution in [0.4, 0.5) is 0 Å². The van der Waals surface area contributed by atoms with E-state index in [1.807, 2.05) is 0 Å². The minimum absolute atomic E-state index is 0.00881. The molecule has 0 bridgehead atoms. The average molecular weight is 332 g/mol. The van der Waals surface area contributed by atoms with Gasteiger partial charge in [-0.15, -0.1) is 0 Å². The van der Waals surface area contributed by atoms with E-state index in [4.69, 9.17) is 4.74 Å². The highest BCUT2D eigenvalue weighted by atomic mass is 32.2. The molecule has 2 aromatic carbocycles. The maximum atomic E-state index is 12.4. The maximum absolute atomic E-state index is 12.4. The van der Waals surface area contributed by atoms with E-state index in [9.17, 15) is 18.3 Å². The Kier molecular flexibility index (Phi) is 4.86. The van der Waals surface area contributed by atoms with Crippen LogP contribution in [0.1, 0.15) is 13.8 Å². The molecule has 2 aromatic rings. The highest BCUT2D eigenvalue weighted by molar-refractivity contribution is 7.91. The second-order valence-electron chi connectivity index (χ2n) is 5.11. The lowest BCUT2D eigenvalue weighted by atomic mass is 10.3. The van der Waals surface area contributed by atoms with Gasteiger partial charge in [-0.3, -0.25) is 0 Å². The van der Waals surface area contributed by atoms with E-state index in [-0.39, 0.29) is 21.3 Å². The molecule has 2 rings (SSSR count). The van der Waals surface area contributed by atoms with Crippen molar-refractivity contribution in [3.05, 3.63) is 60.2 Å². The Morgan fingerprint density at radius 1 is 0.957 bits per heavy atom. The van der Waals surface area contributed by atoms with Crippen LogP contribution in [-0.4, -0.2) is 19.5 Å². The molecule has 0 saturated carbocycles. The predicted molar refractivity (Wildman–Crippen MR) is 85.1 cm³/mol. The third-order valence-corrected chi connectivity index (χ3v) is 4.69. The predicted octanol–water partition coefficient (Wildman–Crippen LogP) is 3.10. The van der Waals surface area contributed by atoms with E-state index < -0.39 is 15.8 Å². The van der Waals surface area contributed by atoms with Gasteiger partial charge in [0.15, 0.2) is 0 Å². The molecule has 120 valence electrons. The Morgan fingerprint density at radius 3 is 1.91 bits per heavy atom. The second kappa shape index (κ2) is 6.66. The molecule has 0 aliphatic carbocycles. The van der Waals surface area contributed by atoms with Gasteiger partial charge in [-0.25, -0.2) is 13.2 Å². The number of allylic oxidation sites excluding steroid dienone is 1. The Labute approximate surface area is 134 Å². The highest BCUT2D eigenvalue weighted by Gasteiger charge is 2.17. The lowest BCUT2D eigenvalue weighted by molar-refractivity contribution is -0.129. The summed E-state index contributed by atoms with van der Waals surface area (Å²) in [4.78, 5) is 11.7. The Hall–Kier alpha value is -2.60. The average Bonchev–Trinajstić information content (AvgIpc) is 2.47. The first-order valence-electron chi connectivity index (χ1n) is 6.80. The van der Waals surface area contributed by atoms with Crippen LogP contribution in [0.5, 0.6) is 11.5 Å². The SMILES string of the molecule is CC(C)=CC(=O)Oc1ccc(S(=O)(=O)c2ccc(O)cc2)cc1. The van der Waals surface area contributed by atoms with E-state index in [2.05, 4.69) is 0 Å². The van der Waals surface area contributed by atoms with Gasteiger partial charge in [0, 0.05) is 6.08 Å². The normalized spacial score (nSPS) is 10.9. The molecular weight excluding hydrogens is 316 g/mol. The molecule has 1 N–H and O–H groups in total. The Balaban J connectivity index is 2.23. The van der Waals surface area contributed by atoms with Crippen LogP contribution in [0, 0.1) is 0 Å². The standard InChI is InChI=1S/C17H16O5S/c1-12(2)11-17(19)22-14-5-9-16(10-6-14)23(20,21)15-7-3-13(18)4-8-15/h3-11,18H,1-2H3. The number of phenolic OH excluding ortho intramolecular Hbond substituents is 1. The summed E-state index contributed by atoms with van der Waals surface area (Å²) >= 11 is 0. The summed E-state index contributed by atoms with van der Waals surface area (Å²) in [5.41, 5.74) is 0.807. The van der Waals surface area contributed by atoms with Gasteiger partial charge >= 0.3 is 5.97 Å². The maximum Gasteiger partial charge on any atom is 0.336 e. The van der Waals surface area contributed by atoms with Crippen molar-refractivity contribution in [3.63, 3.8) is 0 Å². The number of carbonyl (C=O) groups is 1. The lowest BCUT2D eigenvalue weighted by Crippen LogP contribution is -2.05. The molecule has 0 heterocycles.